The van der Waals surface area contributed by atoms with E-state index in [2.05, 4.69) is 9.97 Å². The summed E-state index contributed by atoms with van der Waals surface area (Å²) in [4.78, 5) is 6.60. The van der Waals surface area contributed by atoms with Crippen LogP contribution in [0.5, 0.6) is 0 Å². The van der Waals surface area contributed by atoms with Gasteiger partial charge in [0, 0.05) is 6.20 Å². The van der Waals surface area contributed by atoms with Crippen molar-refractivity contribution in [2.24, 2.45) is 0 Å². The molecule has 0 amide bonds. The summed E-state index contributed by atoms with van der Waals surface area (Å²) in [7, 11) is 0. The van der Waals surface area contributed by atoms with E-state index in [-0.39, 0.29) is 5.28 Å². The number of aromatic nitrogens is 2. The van der Waals surface area contributed by atoms with Gasteiger partial charge in [-0.3, -0.25) is 0 Å². The number of hydrogen-bond acceptors (Lipinski definition) is 3. The molecule has 0 fully saturated rings. The molecule has 0 aromatic carbocycles. The molecule has 7 heteroatoms. The van der Waals surface area contributed by atoms with Crippen LogP contribution in [0.3, 0.4) is 0 Å². The number of rotatable bonds is 1. The van der Waals surface area contributed by atoms with Gasteiger partial charge in [-0.2, -0.15) is 13.2 Å². The summed E-state index contributed by atoms with van der Waals surface area (Å²) in [5, 5.41) is 8.37. The molecule has 1 heterocycles. The molecule has 1 N–H and O–H groups in total. The molecule has 1 atom stereocenters. The van der Waals surface area contributed by atoms with Crippen LogP contribution in [0, 0.1) is 0 Å². The van der Waals surface area contributed by atoms with Crippen molar-refractivity contribution in [2.75, 3.05) is 0 Å². The van der Waals surface area contributed by atoms with Crippen LogP contribution in [-0.4, -0.2) is 21.3 Å². The zero-order valence-electron chi connectivity index (χ0n) is 6.09. The van der Waals surface area contributed by atoms with Crippen LogP contribution in [-0.2, 0) is 0 Å². The van der Waals surface area contributed by atoms with Crippen molar-refractivity contribution >= 4 is 11.6 Å². The largest absolute Gasteiger partial charge is 0.420 e. The minimum Gasteiger partial charge on any atom is -0.378 e. The van der Waals surface area contributed by atoms with E-state index < -0.39 is 18.0 Å². The van der Waals surface area contributed by atoms with Crippen molar-refractivity contribution < 1.29 is 18.3 Å². The Hall–Kier alpha value is -0.880. The SMILES string of the molecule is O[C@@H](c1ccnc(Cl)n1)C(F)(F)F. The highest BCUT2D eigenvalue weighted by Crippen LogP contribution is 2.31. The molecule has 72 valence electrons. The number of halogens is 4. The lowest BCUT2D eigenvalue weighted by Crippen LogP contribution is -2.21. The Morgan fingerprint density at radius 2 is 2.08 bits per heavy atom. The van der Waals surface area contributed by atoms with Gasteiger partial charge in [0.05, 0.1) is 5.69 Å². The van der Waals surface area contributed by atoms with E-state index in [0.29, 0.717) is 0 Å². The van der Waals surface area contributed by atoms with Crippen LogP contribution >= 0.6 is 11.6 Å². The van der Waals surface area contributed by atoms with E-state index in [1.807, 2.05) is 0 Å². The van der Waals surface area contributed by atoms with E-state index in [1.165, 1.54) is 0 Å². The highest BCUT2D eigenvalue weighted by atomic mass is 35.5. The maximum absolute atomic E-state index is 11.9. The molecule has 0 saturated heterocycles. The second kappa shape index (κ2) is 3.47. The molecule has 0 radical (unpaired) electrons. The first-order chi connectivity index (χ1) is 5.91. The zero-order valence-corrected chi connectivity index (χ0v) is 6.84. The molecule has 0 bridgehead atoms. The molecule has 0 saturated carbocycles. The predicted molar refractivity (Wildman–Crippen MR) is 38.1 cm³/mol. The van der Waals surface area contributed by atoms with Gasteiger partial charge < -0.3 is 5.11 Å². The van der Waals surface area contributed by atoms with Gasteiger partial charge in [0.25, 0.3) is 0 Å². The lowest BCUT2D eigenvalue weighted by molar-refractivity contribution is -0.208. The molecular formula is C6H4ClF3N2O. The summed E-state index contributed by atoms with van der Waals surface area (Å²) in [6, 6.07) is 0.948. The van der Waals surface area contributed by atoms with Gasteiger partial charge in [0.2, 0.25) is 5.28 Å². The minimum atomic E-state index is -4.74. The van der Waals surface area contributed by atoms with E-state index in [1.54, 1.807) is 0 Å². The topological polar surface area (TPSA) is 46.0 Å². The molecule has 1 aromatic heterocycles. The van der Waals surface area contributed by atoms with Gasteiger partial charge in [-0.25, -0.2) is 9.97 Å². The molecule has 0 aliphatic rings. The normalized spacial score (nSPS) is 14.2. The first kappa shape index (κ1) is 10.2. The van der Waals surface area contributed by atoms with Gasteiger partial charge in [-0.1, -0.05) is 0 Å². The fourth-order valence-electron chi connectivity index (χ4n) is 0.668. The van der Waals surface area contributed by atoms with Crippen molar-refractivity contribution in [3.05, 3.63) is 23.2 Å². The van der Waals surface area contributed by atoms with Gasteiger partial charge >= 0.3 is 6.18 Å². The summed E-state index contributed by atoms with van der Waals surface area (Å²) in [6.45, 7) is 0. The molecule has 13 heavy (non-hydrogen) atoms. The van der Waals surface area contributed by atoms with Crippen LogP contribution in [0.2, 0.25) is 5.28 Å². The summed E-state index contributed by atoms with van der Waals surface area (Å²) in [6.07, 6.45) is -6.31. The third-order valence-corrected chi connectivity index (χ3v) is 1.42. The smallest absolute Gasteiger partial charge is 0.378 e. The number of hydrogen-bond donors (Lipinski definition) is 1. The van der Waals surface area contributed by atoms with Crippen molar-refractivity contribution in [2.45, 2.75) is 12.3 Å². The van der Waals surface area contributed by atoms with Gasteiger partial charge in [0.15, 0.2) is 6.10 Å². The van der Waals surface area contributed by atoms with Crippen molar-refractivity contribution in [3.8, 4) is 0 Å². The Bertz CT molecular complexity index is 304. The minimum absolute atomic E-state index is 0.333. The molecule has 3 nitrogen and oxygen atoms in total. The van der Waals surface area contributed by atoms with Crippen LogP contribution in [0.25, 0.3) is 0 Å². The number of alkyl halides is 3. The standard InChI is InChI=1S/C6H4ClF3N2O/c7-5-11-2-1-3(12-5)4(13)6(8,9)10/h1-2,4,13H/t4-/m0/s1. The summed E-state index contributed by atoms with van der Waals surface area (Å²) >= 11 is 5.24. The van der Waals surface area contributed by atoms with E-state index >= 15 is 0 Å². The maximum Gasteiger partial charge on any atom is 0.420 e. The summed E-state index contributed by atoms with van der Waals surface area (Å²) in [5.74, 6) is 0. The third kappa shape index (κ3) is 2.53. The first-order valence-corrected chi connectivity index (χ1v) is 3.52. The molecule has 0 spiro atoms. The average molecular weight is 213 g/mol. The highest BCUT2D eigenvalue weighted by molar-refractivity contribution is 6.28. The van der Waals surface area contributed by atoms with Crippen LogP contribution in [0.4, 0.5) is 13.2 Å². The van der Waals surface area contributed by atoms with Gasteiger partial charge in [0.1, 0.15) is 0 Å². The number of nitrogens with zero attached hydrogens (tertiary/aromatic N) is 2. The Morgan fingerprint density at radius 1 is 1.46 bits per heavy atom. The number of aliphatic hydroxyl groups is 1. The van der Waals surface area contributed by atoms with Crippen LogP contribution in [0.1, 0.15) is 11.8 Å². The monoisotopic (exact) mass is 212 g/mol. The molecule has 1 aromatic rings. The second-order valence-corrected chi connectivity index (χ2v) is 2.53. The Kier molecular flexibility index (Phi) is 2.72. The highest BCUT2D eigenvalue weighted by Gasteiger charge is 2.40. The van der Waals surface area contributed by atoms with E-state index in [4.69, 9.17) is 16.7 Å². The Balaban J connectivity index is 2.96. The maximum atomic E-state index is 11.9. The van der Waals surface area contributed by atoms with Crippen molar-refractivity contribution in [1.29, 1.82) is 0 Å². The molecule has 0 unspecified atom stereocenters. The van der Waals surface area contributed by atoms with Crippen LogP contribution < -0.4 is 0 Å². The first-order valence-electron chi connectivity index (χ1n) is 3.14. The Morgan fingerprint density at radius 3 is 2.54 bits per heavy atom. The lowest BCUT2D eigenvalue weighted by Gasteiger charge is -2.13. The average Bonchev–Trinajstić information content (AvgIpc) is 2.01. The quantitative estimate of drug-likeness (QED) is 0.721. The predicted octanol–water partition coefficient (Wildman–Crippen LogP) is 1.73. The zero-order chi connectivity index (χ0) is 10.1. The number of aliphatic hydroxyl groups excluding tert-OH is 1. The summed E-state index contributed by atoms with van der Waals surface area (Å²) in [5.41, 5.74) is -0.562. The Labute approximate surface area is 76.2 Å². The van der Waals surface area contributed by atoms with Gasteiger partial charge in [-0.15, -0.1) is 0 Å². The fraction of sp³-hybridized carbons (Fsp3) is 0.333. The van der Waals surface area contributed by atoms with Crippen molar-refractivity contribution in [1.82, 2.24) is 9.97 Å². The molecular weight excluding hydrogens is 209 g/mol. The van der Waals surface area contributed by atoms with E-state index in [0.717, 1.165) is 12.3 Å². The molecule has 0 aliphatic carbocycles. The van der Waals surface area contributed by atoms with Gasteiger partial charge in [-0.05, 0) is 17.7 Å². The fourth-order valence-corrected chi connectivity index (χ4v) is 0.822. The second-order valence-electron chi connectivity index (χ2n) is 2.19. The third-order valence-electron chi connectivity index (χ3n) is 1.24. The summed E-state index contributed by atoms with van der Waals surface area (Å²) < 4.78 is 35.7. The van der Waals surface area contributed by atoms with E-state index in [9.17, 15) is 13.2 Å². The van der Waals surface area contributed by atoms with Crippen molar-refractivity contribution in [3.63, 3.8) is 0 Å². The lowest BCUT2D eigenvalue weighted by atomic mass is 10.2. The molecule has 0 aliphatic heterocycles. The van der Waals surface area contributed by atoms with Crippen LogP contribution in [0.15, 0.2) is 12.3 Å². The molecule has 1 rings (SSSR count).